The van der Waals surface area contributed by atoms with Crippen LogP contribution in [0.25, 0.3) is 21.5 Å². The number of H-pyrrole nitrogens is 1. The Morgan fingerprint density at radius 1 is 1.32 bits per heavy atom. The molecule has 0 spiro atoms. The van der Waals surface area contributed by atoms with E-state index in [0.29, 0.717) is 19.3 Å². The maximum absolute atomic E-state index is 12.8. The maximum Gasteiger partial charge on any atom is 0.222 e. The van der Waals surface area contributed by atoms with Crippen LogP contribution in [0.1, 0.15) is 24.0 Å². The van der Waals surface area contributed by atoms with Gasteiger partial charge in [0.1, 0.15) is 0 Å². The van der Waals surface area contributed by atoms with Crippen LogP contribution in [0.5, 0.6) is 0 Å². The van der Waals surface area contributed by atoms with Gasteiger partial charge in [-0.1, -0.05) is 17.7 Å². The Morgan fingerprint density at radius 2 is 2.14 bits per heavy atom. The Morgan fingerprint density at radius 3 is 2.82 bits per heavy atom. The number of carbonyl (C=O) groups excluding carboxylic acids is 1. The molecule has 1 aliphatic heterocycles. The molecule has 0 aliphatic carbocycles. The lowest BCUT2D eigenvalue weighted by atomic mass is 10.0. The SMILES string of the molecule is Cc1ccc2[nH]c(-c3cccs3)c(CCC(=O)N(C)[C@H]3CCS(=O)(=O)C3)c2c1. The van der Waals surface area contributed by atoms with E-state index in [1.807, 2.05) is 6.07 Å². The van der Waals surface area contributed by atoms with Crippen molar-refractivity contribution in [1.82, 2.24) is 9.88 Å². The van der Waals surface area contributed by atoms with Gasteiger partial charge in [0.15, 0.2) is 9.84 Å². The molecule has 0 saturated carbocycles. The van der Waals surface area contributed by atoms with Crippen molar-refractivity contribution in [3.05, 3.63) is 46.8 Å². The van der Waals surface area contributed by atoms with Crippen LogP contribution in [-0.2, 0) is 21.1 Å². The number of rotatable bonds is 5. The van der Waals surface area contributed by atoms with Crippen LogP contribution in [0, 0.1) is 6.92 Å². The number of thiophene rings is 1. The summed E-state index contributed by atoms with van der Waals surface area (Å²) in [6, 6.07) is 10.3. The molecule has 0 bridgehead atoms. The molecule has 1 aromatic carbocycles. The zero-order valence-corrected chi connectivity index (χ0v) is 17.7. The van der Waals surface area contributed by atoms with E-state index < -0.39 is 9.84 Å². The summed E-state index contributed by atoms with van der Waals surface area (Å²) in [6.45, 7) is 2.07. The highest BCUT2D eigenvalue weighted by atomic mass is 32.2. The minimum Gasteiger partial charge on any atom is -0.354 e. The van der Waals surface area contributed by atoms with Gasteiger partial charge in [0.05, 0.1) is 22.1 Å². The van der Waals surface area contributed by atoms with Gasteiger partial charge in [0.2, 0.25) is 5.91 Å². The molecule has 1 aliphatic rings. The van der Waals surface area contributed by atoms with Gasteiger partial charge in [-0.05, 0) is 48.9 Å². The smallest absolute Gasteiger partial charge is 0.222 e. The molecule has 1 saturated heterocycles. The Balaban J connectivity index is 1.58. The fourth-order valence-electron chi connectivity index (χ4n) is 3.95. The number of benzene rings is 1. The normalized spacial score (nSPS) is 18.6. The molecule has 2 aromatic heterocycles. The third-order valence-corrected chi connectivity index (χ3v) is 8.21. The average Bonchev–Trinajstić information content (AvgIpc) is 3.37. The number of nitrogens with one attached hydrogen (secondary N) is 1. The Labute approximate surface area is 169 Å². The van der Waals surface area contributed by atoms with E-state index in [0.717, 1.165) is 27.0 Å². The molecule has 28 heavy (non-hydrogen) atoms. The Hall–Kier alpha value is -2.12. The molecule has 1 atom stereocenters. The van der Waals surface area contributed by atoms with Crippen LogP contribution in [0.4, 0.5) is 0 Å². The molecule has 148 valence electrons. The van der Waals surface area contributed by atoms with Gasteiger partial charge in [-0.3, -0.25) is 4.79 Å². The number of aryl methyl sites for hydroxylation is 2. The van der Waals surface area contributed by atoms with Gasteiger partial charge in [0.25, 0.3) is 0 Å². The topological polar surface area (TPSA) is 70.2 Å². The average molecular weight is 417 g/mol. The maximum atomic E-state index is 12.8. The van der Waals surface area contributed by atoms with E-state index >= 15 is 0 Å². The lowest BCUT2D eigenvalue weighted by Gasteiger charge is -2.23. The van der Waals surface area contributed by atoms with Gasteiger partial charge >= 0.3 is 0 Å². The fraction of sp³-hybridized carbons (Fsp3) is 0.381. The van der Waals surface area contributed by atoms with Gasteiger partial charge in [-0.15, -0.1) is 11.3 Å². The molecule has 1 amide bonds. The van der Waals surface area contributed by atoms with Gasteiger partial charge in [0, 0.05) is 30.4 Å². The Kier molecular flexibility index (Phi) is 5.05. The zero-order valence-electron chi connectivity index (χ0n) is 16.1. The third kappa shape index (κ3) is 3.73. The van der Waals surface area contributed by atoms with Crippen molar-refractivity contribution in [2.45, 2.75) is 32.2 Å². The number of fused-ring (bicyclic) bond motifs is 1. The van der Waals surface area contributed by atoms with Crippen molar-refractivity contribution < 1.29 is 13.2 Å². The van der Waals surface area contributed by atoms with Gasteiger partial charge in [-0.2, -0.15) is 0 Å². The molecule has 4 rings (SSSR count). The fourth-order valence-corrected chi connectivity index (χ4v) is 6.47. The number of aromatic nitrogens is 1. The van der Waals surface area contributed by atoms with Crippen molar-refractivity contribution in [3.63, 3.8) is 0 Å². The van der Waals surface area contributed by atoms with Gasteiger partial charge < -0.3 is 9.88 Å². The summed E-state index contributed by atoms with van der Waals surface area (Å²) in [7, 11) is -1.27. The van der Waals surface area contributed by atoms with E-state index in [-0.39, 0.29) is 23.5 Å². The highest BCUT2D eigenvalue weighted by Crippen LogP contribution is 2.34. The molecule has 3 heterocycles. The quantitative estimate of drug-likeness (QED) is 0.688. The summed E-state index contributed by atoms with van der Waals surface area (Å²) in [5, 5.41) is 3.21. The zero-order chi connectivity index (χ0) is 19.9. The highest BCUT2D eigenvalue weighted by Gasteiger charge is 2.32. The van der Waals surface area contributed by atoms with Crippen LogP contribution < -0.4 is 0 Å². The van der Waals surface area contributed by atoms with Crippen molar-refractivity contribution in [2.75, 3.05) is 18.6 Å². The molecule has 3 aromatic rings. The van der Waals surface area contributed by atoms with Crippen LogP contribution >= 0.6 is 11.3 Å². The number of nitrogens with zero attached hydrogens (tertiary/aromatic N) is 1. The van der Waals surface area contributed by atoms with Crippen molar-refractivity contribution in [1.29, 1.82) is 0 Å². The lowest BCUT2D eigenvalue weighted by molar-refractivity contribution is -0.131. The molecule has 0 unspecified atom stereocenters. The number of carbonyl (C=O) groups is 1. The highest BCUT2D eigenvalue weighted by molar-refractivity contribution is 7.91. The van der Waals surface area contributed by atoms with Gasteiger partial charge in [-0.25, -0.2) is 8.42 Å². The van der Waals surface area contributed by atoms with E-state index in [4.69, 9.17) is 0 Å². The number of sulfone groups is 1. The summed E-state index contributed by atoms with van der Waals surface area (Å²) in [5.74, 6) is 0.267. The Bertz CT molecular complexity index is 1110. The predicted molar refractivity (Wildman–Crippen MR) is 114 cm³/mol. The lowest BCUT2D eigenvalue weighted by Crippen LogP contribution is -2.37. The summed E-state index contributed by atoms with van der Waals surface area (Å²) in [4.78, 5) is 19.1. The van der Waals surface area contributed by atoms with E-state index in [9.17, 15) is 13.2 Å². The second-order valence-corrected chi connectivity index (χ2v) is 10.7. The van der Waals surface area contributed by atoms with E-state index in [1.165, 1.54) is 5.56 Å². The number of hydrogen-bond donors (Lipinski definition) is 1. The largest absolute Gasteiger partial charge is 0.354 e. The van der Waals surface area contributed by atoms with E-state index in [1.54, 1.807) is 23.3 Å². The van der Waals surface area contributed by atoms with Crippen molar-refractivity contribution in [2.24, 2.45) is 0 Å². The molecular weight excluding hydrogens is 392 g/mol. The molecule has 1 N–H and O–H groups in total. The second kappa shape index (κ2) is 7.37. The standard InChI is InChI=1S/C21H24N2O3S2/c1-14-5-7-18-17(12-14)16(21(22-18)19-4-3-10-27-19)6-8-20(24)23(2)15-9-11-28(25,26)13-15/h3-5,7,10,12,15,22H,6,8-9,11,13H2,1-2H3/t15-/m0/s1. The first-order valence-electron chi connectivity index (χ1n) is 9.45. The minimum absolute atomic E-state index is 0.00114. The monoisotopic (exact) mass is 416 g/mol. The third-order valence-electron chi connectivity index (χ3n) is 5.57. The van der Waals surface area contributed by atoms with Crippen molar-refractivity contribution in [3.8, 4) is 10.6 Å². The number of hydrogen-bond acceptors (Lipinski definition) is 4. The van der Waals surface area contributed by atoms with E-state index in [2.05, 4.69) is 41.6 Å². The molecule has 1 fully saturated rings. The summed E-state index contributed by atoms with van der Waals surface area (Å²) < 4.78 is 23.5. The van der Waals surface area contributed by atoms with Crippen LogP contribution in [0.3, 0.4) is 0 Å². The first-order valence-corrected chi connectivity index (χ1v) is 12.2. The summed E-state index contributed by atoms with van der Waals surface area (Å²) in [5.41, 5.74) is 4.49. The van der Waals surface area contributed by atoms with Crippen LogP contribution in [0.2, 0.25) is 0 Å². The number of amides is 1. The molecular formula is C21H24N2O3S2. The number of aromatic amines is 1. The van der Waals surface area contributed by atoms with Crippen LogP contribution in [-0.4, -0.2) is 48.8 Å². The molecule has 5 nitrogen and oxygen atoms in total. The first-order chi connectivity index (χ1) is 13.3. The molecule has 7 heteroatoms. The summed E-state index contributed by atoms with van der Waals surface area (Å²) >= 11 is 1.68. The minimum atomic E-state index is -3.00. The summed E-state index contributed by atoms with van der Waals surface area (Å²) in [6.07, 6.45) is 1.53. The van der Waals surface area contributed by atoms with Crippen molar-refractivity contribution >= 4 is 38.0 Å². The molecule has 0 radical (unpaired) electrons. The second-order valence-electron chi connectivity index (χ2n) is 7.57. The predicted octanol–water partition coefficient (Wildman–Crippen LogP) is 3.78. The first kappa shape index (κ1) is 19.2. The van der Waals surface area contributed by atoms with Crippen LogP contribution in [0.15, 0.2) is 35.7 Å².